The van der Waals surface area contributed by atoms with Crippen molar-refractivity contribution in [1.82, 2.24) is 0 Å². The second-order valence-corrected chi connectivity index (χ2v) is 8.35. The molecule has 2 aromatic rings. The Balaban J connectivity index is 2.39. The number of benzene rings is 2. The first-order valence-electron chi connectivity index (χ1n) is 8.38. The molecular formula is C19H23ClN2O4S. The van der Waals surface area contributed by atoms with E-state index in [-0.39, 0.29) is 0 Å². The zero-order valence-corrected chi connectivity index (χ0v) is 17.3. The van der Waals surface area contributed by atoms with E-state index in [9.17, 15) is 13.2 Å². The third-order valence-corrected chi connectivity index (χ3v) is 5.77. The first-order chi connectivity index (χ1) is 12.7. The smallest absolute Gasteiger partial charge is 0.248 e. The predicted octanol–water partition coefficient (Wildman–Crippen LogP) is 3.84. The number of ether oxygens (including phenoxy) is 1. The summed E-state index contributed by atoms with van der Waals surface area (Å²) in [6.45, 7) is 3.55. The van der Waals surface area contributed by atoms with Gasteiger partial charge in [-0.05, 0) is 55.3 Å². The van der Waals surface area contributed by atoms with Crippen LogP contribution < -0.4 is 14.4 Å². The van der Waals surface area contributed by atoms with E-state index < -0.39 is 22.0 Å². The molecule has 0 aromatic heterocycles. The van der Waals surface area contributed by atoms with Gasteiger partial charge >= 0.3 is 0 Å². The first-order valence-corrected chi connectivity index (χ1v) is 10.6. The van der Waals surface area contributed by atoms with Crippen molar-refractivity contribution in [2.24, 2.45) is 0 Å². The lowest BCUT2D eigenvalue weighted by atomic mass is 10.1. The first kappa shape index (κ1) is 21.1. The Bertz CT molecular complexity index is 914. The lowest BCUT2D eigenvalue weighted by Gasteiger charge is -2.30. The topological polar surface area (TPSA) is 75.7 Å². The van der Waals surface area contributed by atoms with Gasteiger partial charge in [-0.15, -0.1) is 0 Å². The van der Waals surface area contributed by atoms with Crippen LogP contribution in [0.1, 0.15) is 18.9 Å². The SMILES string of the molecule is CCC(C(=O)Nc1cccc(Cl)c1C)N(c1ccc(OC)cc1)S(C)(=O)=O. The van der Waals surface area contributed by atoms with Gasteiger partial charge in [-0.2, -0.15) is 0 Å². The van der Waals surface area contributed by atoms with Gasteiger partial charge in [-0.25, -0.2) is 8.42 Å². The van der Waals surface area contributed by atoms with E-state index in [1.54, 1.807) is 56.3 Å². The second kappa shape index (κ2) is 8.63. The Labute approximate surface area is 165 Å². The summed E-state index contributed by atoms with van der Waals surface area (Å²) in [7, 11) is -2.17. The number of carbonyl (C=O) groups excluding carboxylic acids is 1. The molecule has 0 bridgehead atoms. The fraction of sp³-hybridized carbons (Fsp3) is 0.316. The maximum Gasteiger partial charge on any atom is 0.248 e. The number of sulfonamides is 1. The summed E-state index contributed by atoms with van der Waals surface area (Å²) in [5.41, 5.74) is 1.66. The average molecular weight is 411 g/mol. The molecule has 0 saturated carbocycles. The number of carbonyl (C=O) groups is 1. The van der Waals surface area contributed by atoms with E-state index in [0.717, 1.165) is 16.1 Å². The van der Waals surface area contributed by atoms with E-state index in [1.807, 2.05) is 0 Å². The molecule has 0 heterocycles. The zero-order chi connectivity index (χ0) is 20.2. The van der Waals surface area contributed by atoms with Gasteiger partial charge in [0.15, 0.2) is 0 Å². The third kappa shape index (κ3) is 4.93. The van der Waals surface area contributed by atoms with Crippen molar-refractivity contribution >= 4 is 38.9 Å². The van der Waals surface area contributed by atoms with E-state index >= 15 is 0 Å². The third-order valence-electron chi connectivity index (χ3n) is 4.18. The molecular weight excluding hydrogens is 388 g/mol. The van der Waals surface area contributed by atoms with Crippen LogP contribution in [0.2, 0.25) is 5.02 Å². The molecule has 8 heteroatoms. The molecule has 1 N–H and O–H groups in total. The van der Waals surface area contributed by atoms with Crippen molar-refractivity contribution in [3.8, 4) is 5.75 Å². The molecule has 0 aliphatic rings. The van der Waals surface area contributed by atoms with Crippen molar-refractivity contribution in [3.05, 3.63) is 53.1 Å². The molecule has 2 rings (SSSR count). The summed E-state index contributed by atoms with van der Waals surface area (Å²) >= 11 is 6.10. The number of methoxy groups -OCH3 is 1. The van der Waals surface area contributed by atoms with Crippen LogP contribution in [0.3, 0.4) is 0 Å². The van der Waals surface area contributed by atoms with Crippen LogP contribution in [0.4, 0.5) is 11.4 Å². The molecule has 1 atom stereocenters. The molecule has 0 spiro atoms. The summed E-state index contributed by atoms with van der Waals surface area (Å²) in [4.78, 5) is 12.9. The highest BCUT2D eigenvalue weighted by molar-refractivity contribution is 7.92. The summed E-state index contributed by atoms with van der Waals surface area (Å²) in [6.07, 6.45) is 1.38. The van der Waals surface area contributed by atoms with Crippen LogP contribution in [0.25, 0.3) is 0 Å². The standard InChI is InChI=1S/C19H23ClN2O4S/c1-5-18(19(23)21-17-8-6-7-16(20)13(17)2)22(27(4,24)25)14-9-11-15(26-3)12-10-14/h6-12,18H,5H2,1-4H3,(H,21,23). The van der Waals surface area contributed by atoms with Crippen LogP contribution in [0.15, 0.2) is 42.5 Å². The van der Waals surface area contributed by atoms with E-state index in [2.05, 4.69) is 5.32 Å². The number of hydrogen-bond acceptors (Lipinski definition) is 4. The monoisotopic (exact) mass is 410 g/mol. The van der Waals surface area contributed by atoms with Crippen molar-refractivity contribution in [1.29, 1.82) is 0 Å². The normalized spacial score (nSPS) is 12.3. The largest absolute Gasteiger partial charge is 0.497 e. The number of nitrogens with zero attached hydrogens (tertiary/aromatic N) is 1. The zero-order valence-electron chi connectivity index (χ0n) is 15.7. The van der Waals surface area contributed by atoms with Crippen LogP contribution in [-0.4, -0.2) is 33.7 Å². The Morgan fingerprint density at radius 2 is 1.85 bits per heavy atom. The van der Waals surface area contributed by atoms with Gasteiger partial charge in [0.2, 0.25) is 15.9 Å². The van der Waals surface area contributed by atoms with Crippen molar-refractivity contribution in [2.45, 2.75) is 26.3 Å². The molecule has 2 aromatic carbocycles. The summed E-state index contributed by atoms with van der Waals surface area (Å²) in [5.74, 6) is 0.170. The molecule has 0 radical (unpaired) electrons. The van der Waals surface area contributed by atoms with Gasteiger partial charge in [0, 0.05) is 10.7 Å². The van der Waals surface area contributed by atoms with Gasteiger partial charge < -0.3 is 10.1 Å². The maximum absolute atomic E-state index is 12.9. The molecule has 0 fully saturated rings. The minimum Gasteiger partial charge on any atom is -0.497 e. The summed E-state index contributed by atoms with van der Waals surface area (Å²) < 4.78 is 31.2. The van der Waals surface area contributed by atoms with Crippen LogP contribution >= 0.6 is 11.6 Å². The van der Waals surface area contributed by atoms with Gasteiger partial charge in [-0.3, -0.25) is 9.10 Å². The molecule has 1 amide bonds. The highest BCUT2D eigenvalue weighted by Gasteiger charge is 2.31. The minimum atomic E-state index is -3.70. The number of nitrogens with one attached hydrogen (secondary N) is 1. The van der Waals surface area contributed by atoms with Gasteiger partial charge in [0.1, 0.15) is 11.8 Å². The molecule has 146 valence electrons. The second-order valence-electron chi connectivity index (χ2n) is 6.08. The van der Waals surface area contributed by atoms with Gasteiger partial charge in [0.05, 0.1) is 19.1 Å². The van der Waals surface area contributed by atoms with Crippen LogP contribution in [0.5, 0.6) is 5.75 Å². The molecule has 6 nitrogen and oxygen atoms in total. The predicted molar refractivity (Wildman–Crippen MR) is 109 cm³/mol. The molecule has 1 unspecified atom stereocenters. The van der Waals surface area contributed by atoms with Gasteiger partial charge in [-0.1, -0.05) is 24.6 Å². The van der Waals surface area contributed by atoms with Crippen molar-refractivity contribution < 1.29 is 17.9 Å². The fourth-order valence-corrected chi connectivity index (χ4v) is 4.13. The van der Waals surface area contributed by atoms with Crippen molar-refractivity contribution in [2.75, 3.05) is 23.0 Å². The van der Waals surface area contributed by atoms with Crippen LogP contribution in [0, 0.1) is 6.92 Å². The number of rotatable bonds is 7. The molecule has 27 heavy (non-hydrogen) atoms. The summed E-state index contributed by atoms with van der Waals surface area (Å²) in [6, 6.07) is 10.8. The minimum absolute atomic E-state index is 0.296. The fourth-order valence-electron chi connectivity index (χ4n) is 2.75. The molecule has 0 aliphatic heterocycles. The number of halogens is 1. The Morgan fingerprint density at radius 1 is 1.22 bits per heavy atom. The average Bonchev–Trinajstić information content (AvgIpc) is 2.62. The highest BCUT2D eigenvalue weighted by Crippen LogP contribution is 2.27. The highest BCUT2D eigenvalue weighted by atomic mass is 35.5. The number of anilines is 2. The Kier molecular flexibility index (Phi) is 6.73. The molecule has 0 aliphatic carbocycles. The summed E-state index contributed by atoms with van der Waals surface area (Å²) in [5, 5.41) is 3.32. The van der Waals surface area contributed by atoms with E-state index in [0.29, 0.717) is 28.6 Å². The quantitative estimate of drug-likeness (QED) is 0.752. The van der Waals surface area contributed by atoms with E-state index in [1.165, 1.54) is 7.11 Å². The van der Waals surface area contributed by atoms with Crippen LogP contribution in [-0.2, 0) is 14.8 Å². The van der Waals surface area contributed by atoms with E-state index in [4.69, 9.17) is 16.3 Å². The lowest BCUT2D eigenvalue weighted by molar-refractivity contribution is -0.117. The number of hydrogen-bond donors (Lipinski definition) is 1. The van der Waals surface area contributed by atoms with Crippen molar-refractivity contribution in [3.63, 3.8) is 0 Å². The molecule has 0 saturated heterocycles. The lowest BCUT2D eigenvalue weighted by Crippen LogP contribution is -2.47. The number of amides is 1. The Hall–Kier alpha value is -2.25. The van der Waals surface area contributed by atoms with Gasteiger partial charge in [0.25, 0.3) is 0 Å². The maximum atomic E-state index is 12.9. The Morgan fingerprint density at radius 3 is 2.37 bits per heavy atom.